The largest absolute Gasteiger partial charge is 0.490 e. The van der Waals surface area contributed by atoms with Crippen molar-refractivity contribution in [2.24, 2.45) is 0 Å². The fraction of sp³-hybridized carbons (Fsp3) is 0.227. The number of carbonyl (C=O) groups excluding carboxylic acids is 1. The number of carbonyl (C=O) groups is 1. The van der Waals surface area contributed by atoms with Gasteiger partial charge in [-0.2, -0.15) is 0 Å². The highest BCUT2D eigenvalue weighted by molar-refractivity contribution is 5.92. The molecule has 1 atom stereocenters. The average molecular weight is 394 g/mol. The highest BCUT2D eigenvalue weighted by Crippen LogP contribution is 2.32. The number of nitrogens with one attached hydrogen (secondary N) is 2. The molecule has 29 heavy (non-hydrogen) atoms. The van der Waals surface area contributed by atoms with Crippen molar-refractivity contribution in [2.45, 2.75) is 13.5 Å². The highest BCUT2D eigenvalue weighted by atomic mass is 16.6. The number of aryl methyl sites for hydroxylation is 1. The van der Waals surface area contributed by atoms with Crippen LogP contribution < -0.4 is 15.0 Å². The number of hydrogen-bond acceptors (Lipinski definition) is 4. The molecule has 0 heterocycles. The van der Waals surface area contributed by atoms with Crippen molar-refractivity contribution >= 4 is 28.1 Å². The normalized spacial score (nSPS) is 11.8. The number of ether oxygens (including phenoxy) is 1. The zero-order chi connectivity index (χ0) is 21.0. The molecule has 1 amide bonds. The van der Waals surface area contributed by atoms with Crippen molar-refractivity contribution in [2.75, 3.05) is 26.0 Å². The Kier molecular flexibility index (Phi) is 6.09. The van der Waals surface area contributed by atoms with E-state index in [1.54, 1.807) is 6.92 Å². The second-order valence-electron chi connectivity index (χ2n) is 7.14. The molecule has 3 aromatic carbocycles. The van der Waals surface area contributed by atoms with Gasteiger partial charge in [-0.3, -0.25) is 14.9 Å². The Morgan fingerprint density at radius 1 is 1.14 bits per heavy atom. The number of fused-ring (bicyclic) bond motifs is 1. The number of likely N-dealkylation sites (N-methyl/N-ethyl adjacent to an activating group) is 1. The molecule has 7 heteroatoms. The van der Waals surface area contributed by atoms with Crippen LogP contribution in [0.5, 0.6) is 5.75 Å². The third-order valence-electron chi connectivity index (χ3n) is 4.78. The molecule has 1 unspecified atom stereocenters. The van der Waals surface area contributed by atoms with E-state index >= 15 is 0 Å². The monoisotopic (exact) mass is 394 g/mol. The quantitative estimate of drug-likeness (QED) is 0.477. The zero-order valence-electron chi connectivity index (χ0n) is 16.7. The van der Waals surface area contributed by atoms with Crippen molar-refractivity contribution in [1.82, 2.24) is 0 Å². The molecule has 0 aliphatic carbocycles. The number of rotatable bonds is 7. The molecule has 150 valence electrons. The number of amides is 1. The third-order valence-corrected chi connectivity index (χ3v) is 4.78. The zero-order valence-corrected chi connectivity index (χ0v) is 16.7. The lowest BCUT2D eigenvalue weighted by molar-refractivity contribution is -0.885. The van der Waals surface area contributed by atoms with Crippen LogP contribution in [0.1, 0.15) is 11.1 Å². The third kappa shape index (κ3) is 4.89. The Labute approximate surface area is 169 Å². The van der Waals surface area contributed by atoms with E-state index in [2.05, 4.69) is 35.6 Å². The van der Waals surface area contributed by atoms with Crippen LogP contribution in [0.3, 0.4) is 0 Å². The van der Waals surface area contributed by atoms with Crippen molar-refractivity contribution < 1.29 is 19.4 Å². The molecule has 0 aliphatic heterocycles. The minimum absolute atomic E-state index is 0.118. The van der Waals surface area contributed by atoms with Gasteiger partial charge in [0.05, 0.1) is 19.1 Å². The molecule has 0 fully saturated rings. The fourth-order valence-corrected chi connectivity index (χ4v) is 3.34. The van der Waals surface area contributed by atoms with Gasteiger partial charge >= 0.3 is 5.69 Å². The molecule has 0 saturated heterocycles. The molecular formula is C22H24N3O4+. The first kappa shape index (κ1) is 20.3. The Balaban J connectivity index is 1.66. The predicted molar refractivity (Wildman–Crippen MR) is 112 cm³/mol. The average Bonchev–Trinajstić information content (AvgIpc) is 2.68. The lowest BCUT2D eigenvalue weighted by Crippen LogP contribution is -3.08. The molecule has 2 N–H and O–H groups in total. The summed E-state index contributed by atoms with van der Waals surface area (Å²) in [5, 5.41) is 16.3. The molecule has 0 spiro atoms. The predicted octanol–water partition coefficient (Wildman–Crippen LogP) is 2.72. The van der Waals surface area contributed by atoms with Crippen LogP contribution in [0.15, 0.2) is 54.6 Å². The van der Waals surface area contributed by atoms with Gasteiger partial charge in [0.15, 0.2) is 12.3 Å². The maximum atomic E-state index is 12.5. The molecular weight excluding hydrogens is 370 g/mol. The van der Waals surface area contributed by atoms with Gasteiger partial charge in [-0.1, -0.05) is 36.4 Å². The number of methoxy groups -OCH3 is 1. The summed E-state index contributed by atoms with van der Waals surface area (Å²) >= 11 is 0. The topological polar surface area (TPSA) is 85.9 Å². The molecule has 0 aliphatic rings. The number of anilines is 1. The number of nitrogens with zero attached hydrogens (tertiary/aromatic N) is 1. The molecule has 0 saturated carbocycles. The van der Waals surface area contributed by atoms with Crippen LogP contribution >= 0.6 is 0 Å². The highest BCUT2D eigenvalue weighted by Gasteiger charge is 2.19. The minimum Gasteiger partial charge on any atom is -0.490 e. The van der Waals surface area contributed by atoms with Gasteiger partial charge in [-0.15, -0.1) is 0 Å². The van der Waals surface area contributed by atoms with Crippen molar-refractivity contribution in [3.05, 3.63) is 75.8 Å². The molecule has 0 aromatic heterocycles. The van der Waals surface area contributed by atoms with Gasteiger partial charge in [0.25, 0.3) is 5.91 Å². The SMILES string of the molecule is COc1cc(NC(=O)C[NH+](C)Cc2ccc3ccccc3c2)c(C)cc1[N+](=O)[O-]. The summed E-state index contributed by atoms with van der Waals surface area (Å²) in [6.45, 7) is 2.69. The van der Waals surface area contributed by atoms with Gasteiger partial charge in [0.1, 0.15) is 6.54 Å². The lowest BCUT2D eigenvalue weighted by atomic mass is 10.1. The number of nitro benzene ring substituents is 1. The minimum atomic E-state index is -0.501. The maximum Gasteiger partial charge on any atom is 0.311 e. The van der Waals surface area contributed by atoms with E-state index in [-0.39, 0.29) is 23.9 Å². The number of hydrogen-bond donors (Lipinski definition) is 2. The van der Waals surface area contributed by atoms with E-state index in [4.69, 9.17) is 4.74 Å². The molecule has 0 radical (unpaired) electrons. The van der Waals surface area contributed by atoms with E-state index < -0.39 is 4.92 Å². The Hall–Kier alpha value is -3.45. The summed E-state index contributed by atoms with van der Waals surface area (Å²) in [5.74, 6) is -0.0462. The molecule has 3 aromatic rings. The second-order valence-corrected chi connectivity index (χ2v) is 7.14. The van der Waals surface area contributed by atoms with Crippen LogP contribution in [0.25, 0.3) is 10.8 Å². The Bertz CT molecular complexity index is 1070. The smallest absolute Gasteiger partial charge is 0.311 e. The summed E-state index contributed by atoms with van der Waals surface area (Å²) in [5.41, 5.74) is 2.15. The van der Waals surface area contributed by atoms with Crippen molar-refractivity contribution in [3.63, 3.8) is 0 Å². The standard InChI is InChI=1S/C22H23N3O4/c1-15-10-20(25(27)28)21(29-3)12-19(15)23-22(26)14-24(2)13-16-8-9-17-6-4-5-7-18(17)11-16/h4-12H,13-14H2,1-3H3,(H,23,26)/p+1. The first-order valence-corrected chi connectivity index (χ1v) is 9.29. The van der Waals surface area contributed by atoms with Gasteiger partial charge in [0, 0.05) is 23.4 Å². The summed E-state index contributed by atoms with van der Waals surface area (Å²) in [6, 6.07) is 17.4. The van der Waals surface area contributed by atoms with E-state index in [1.807, 2.05) is 19.2 Å². The van der Waals surface area contributed by atoms with Crippen molar-refractivity contribution in [1.29, 1.82) is 0 Å². The van der Waals surface area contributed by atoms with E-state index in [0.29, 0.717) is 17.8 Å². The fourth-order valence-electron chi connectivity index (χ4n) is 3.34. The van der Waals surface area contributed by atoms with Crippen LogP contribution in [0, 0.1) is 17.0 Å². The van der Waals surface area contributed by atoms with Crippen LogP contribution in [0.2, 0.25) is 0 Å². The maximum absolute atomic E-state index is 12.5. The summed E-state index contributed by atoms with van der Waals surface area (Å²) in [4.78, 5) is 24.1. The van der Waals surface area contributed by atoms with E-state index in [0.717, 1.165) is 10.5 Å². The molecule has 3 rings (SSSR count). The van der Waals surface area contributed by atoms with Crippen LogP contribution in [-0.4, -0.2) is 31.5 Å². The Morgan fingerprint density at radius 2 is 1.86 bits per heavy atom. The van der Waals surface area contributed by atoms with Gasteiger partial charge in [-0.25, -0.2) is 0 Å². The van der Waals surface area contributed by atoms with Crippen LogP contribution in [-0.2, 0) is 11.3 Å². The number of quaternary nitrogens is 1. The first-order chi connectivity index (χ1) is 13.9. The first-order valence-electron chi connectivity index (χ1n) is 9.29. The summed E-state index contributed by atoms with van der Waals surface area (Å²) < 4.78 is 5.08. The Morgan fingerprint density at radius 3 is 2.55 bits per heavy atom. The van der Waals surface area contributed by atoms with Gasteiger partial charge in [0.2, 0.25) is 0 Å². The number of benzene rings is 3. The summed E-state index contributed by atoms with van der Waals surface area (Å²) in [6.07, 6.45) is 0. The molecule has 0 bridgehead atoms. The van der Waals surface area contributed by atoms with E-state index in [1.165, 1.54) is 30.0 Å². The lowest BCUT2D eigenvalue weighted by Gasteiger charge is -2.15. The van der Waals surface area contributed by atoms with Crippen molar-refractivity contribution in [3.8, 4) is 5.75 Å². The van der Waals surface area contributed by atoms with Gasteiger partial charge in [-0.05, 0) is 29.3 Å². The number of nitro groups is 1. The molecule has 7 nitrogen and oxygen atoms in total. The van der Waals surface area contributed by atoms with Crippen LogP contribution in [0.4, 0.5) is 11.4 Å². The second kappa shape index (κ2) is 8.70. The van der Waals surface area contributed by atoms with Gasteiger partial charge < -0.3 is 15.0 Å². The summed E-state index contributed by atoms with van der Waals surface area (Å²) in [7, 11) is 3.32. The van der Waals surface area contributed by atoms with E-state index in [9.17, 15) is 14.9 Å².